The van der Waals surface area contributed by atoms with E-state index in [0.29, 0.717) is 31.7 Å². The van der Waals surface area contributed by atoms with Gasteiger partial charge in [0.05, 0.1) is 0 Å². The molecular formula is C14H17N3O4. The Hall–Kier alpha value is -2.41. The minimum atomic E-state index is -1.05. The first-order chi connectivity index (χ1) is 10.0. The number of Topliss-reactive ketones (excluding diaryl/α,β-unsaturated/α-hetero) is 1. The van der Waals surface area contributed by atoms with Crippen LogP contribution in [-0.2, 0) is 14.4 Å². The molecule has 1 fully saturated rings. The Labute approximate surface area is 122 Å². The second-order valence-electron chi connectivity index (χ2n) is 4.79. The summed E-state index contributed by atoms with van der Waals surface area (Å²) >= 11 is 0. The molecule has 1 aromatic carbocycles. The molecule has 0 atom stereocenters. The average Bonchev–Trinajstić information content (AvgIpc) is 2.53. The largest absolute Gasteiger partial charge is 0.415 e. The summed E-state index contributed by atoms with van der Waals surface area (Å²) in [7, 11) is 0. The van der Waals surface area contributed by atoms with Gasteiger partial charge in [-0.15, -0.1) is 0 Å². The standard InChI is InChI=1S/C14H17N3O4/c1-10(18)11-2-4-12(5-3-11)16-6-8-17(9-7-16)13(19)14(20)21-15/h2-5H,6-9,15H2,1H3. The number of hydrogen-bond donors (Lipinski definition) is 1. The first-order valence-electron chi connectivity index (χ1n) is 6.59. The van der Waals surface area contributed by atoms with Crippen molar-refractivity contribution in [2.45, 2.75) is 6.92 Å². The fourth-order valence-electron chi connectivity index (χ4n) is 2.25. The van der Waals surface area contributed by atoms with Crippen LogP contribution in [0.5, 0.6) is 0 Å². The smallest absolute Gasteiger partial charge is 0.368 e. The molecule has 2 rings (SSSR count). The molecule has 112 valence electrons. The third-order valence-electron chi connectivity index (χ3n) is 3.49. The lowest BCUT2D eigenvalue weighted by molar-refractivity contribution is -0.160. The monoisotopic (exact) mass is 291 g/mol. The lowest BCUT2D eigenvalue weighted by Gasteiger charge is -2.35. The Kier molecular flexibility index (Phi) is 4.54. The zero-order chi connectivity index (χ0) is 15.4. The summed E-state index contributed by atoms with van der Waals surface area (Å²) in [4.78, 5) is 41.4. The Morgan fingerprint density at radius 3 is 2.10 bits per heavy atom. The van der Waals surface area contributed by atoms with Gasteiger partial charge in [0.15, 0.2) is 5.78 Å². The zero-order valence-electron chi connectivity index (χ0n) is 11.7. The Balaban J connectivity index is 1.96. The number of benzene rings is 1. The molecule has 0 spiro atoms. The molecule has 7 heteroatoms. The molecule has 1 aliphatic heterocycles. The lowest BCUT2D eigenvalue weighted by atomic mass is 10.1. The highest BCUT2D eigenvalue weighted by Gasteiger charge is 2.27. The van der Waals surface area contributed by atoms with Gasteiger partial charge >= 0.3 is 11.9 Å². The van der Waals surface area contributed by atoms with E-state index in [1.165, 1.54) is 11.8 Å². The first kappa shape index (κ1) is 15.0. The van der Waals surface area contributed by atoms with Crippen molar-refractivity contribution in [1.82, 2.24) is 4.90 Å². The number of hydrogen-bond acceptors (Lipinski definition) is 6. The predicted molar refractivity (Wildman–Crippen MR) is 75.5 cm³/mol. The van der Waals surface area contributed by atoms with Crippen LogP contribution in [0.3, 0.4) is 0 Å². The molecule has 21 heavy (non-hydrogen) atoms. The molecule has 0 bridgehead atoms. The summed E-state index contributed by atoms with van der Waals surface area (Å²) in [6.45, 7) is 3.56. The highest BCUT2D eigenvalue weighted by atomic mass is 16.7. The van der Waals surface area contributed by atoms with Gasteiger partial charge < -0.3 is 14.6 Å². The second-order valence-corrected chi connectivity index (χ2v) is 4.79. The summed E-state index contributed by atoms with van der Waals surface area (Å²) in [5.74, 6) is 2.96. The molecular weight excluding hydrogens is 274 g/mol. The van der Waals surface area contributed by atoms with Gasteiger partial charge in [-0.25, -0.2) is 4.79 Å². The van der Waals surface area contributed by atoms with Crippen LogP contribution in [0.25, 0.3) is 0 Å². The SMILES string of the molecule is CC(=O)c1ccc(N2CCN(C(=O)C(=O)ON)CC2)cc1. The maximum atomic E-state index is 11.6. The molecule has 1 aromatic rings. The van der Waals surface area contributed by atoms with E-state index in [1.807, 2.05) is 12.1 Å². The predicted octanol–water partition coefficient (Wildman–Crippen LogP) is -0.0453. The number of nitrogens with two attached hydrogens (primary N) is 1. The van der Waals surface area contributed by atoms with E-state index in [4.69, 9.17) is 5.90 Å². The molecule has 1 saturated heterocycles. The summed E-state index contributed by atoms with van der Waals surface area (Å²) in [6, 6.07) is 7.31. The number of anilines is 1. The molecule has 1 amide bonds. The van der Waals surface area contributed by atoms with E-state index in [-0.39, 0.29) is 5.78 Å². The van der Waals surface area contributed by atoms with Crippen LogP contribution in [0.1, 0.15) is 17.3 Å². The molecule has 0 saturated carbocycles. The number of amides is 1. The Bertz CT molecular complexity index is 548. The van der Waals surface area contributed by atoms with Crippen LogP contribution in [0.4, 0.5) is 5.69 Å². The van der Waals surface area contributed by atoms with Gasteiger partial charge in [0, 0.05) is 37.4 Å². The first-order valence-corrected chi connectivity index (χ1v) is 6.59. The number of ketones is 1. The molecule has 0 unspecified atom stereocenters. The van der Waals surface area contributed by atoms with E-state index >= 15 is 0 Å². The molecule has 0 radical (unpaired) electrons. The van der Waals surface area contributed by atoms with Crippen molar-refractivity contribution in [3.63, 3.8) is 0 Å². The number of nitrogens with zero attached hydrogens (tertiary/aromatic N) is 2. The topological polar surface area (TPSA) is 92.9 Å². The molecule has 7 nitrogen and oxygen atoms in total. The fraction of sp³-hybridized carbons (Fsp3) is 0.357. The van der Waals surface area contributed by atoms with Gasteiger partial charge in [-0.05, 0) is 31.2 Å². The van der Waals surface area contributed by atoms with Crippen LogP contribution in [0.2, 0.25) is 0 Å². The van der Waals surface area contributed by atoms with Gasteiger partial charge in [-0.3, -0.25) is 9.59 Å². The maximum Gasteiger partial charge on any atom is 0.415 e. The van der Waals surface area contributed by atoms with E-state index in [1.54, 1.807) is 12.1 Å². The Morgan fingerprint density at radius 1 is 1.05 bits per heavy atom. The molecule has 0 aromatic heterocycles. The van der Waals surface area contributed by atoms with Gasteiger partial charge in [-0.2, -0.15) is 5.90 Å². The minimum absolute atomic E-state index is 0.0252. The van der Waals surface area contributed by atoms with Crippen molar-refractivity contribution >= 4 is 23.3 Å². The highest BCUT2D eigenvalue weighted by Crippen LogP contribution is 2.17. The van der Waals surface area contributed by atoms with Crippen LogP contribution in [0, 0.1) is 0 Å². The van der Waals surface area contributed by atoms with Crippen molar-refractivity contribution in [2.24, 2.45) is 5.90 Å². The van der Waals surface area contributed by atoms with Crippen LogP contribution in [-0.4, -0.2) is 48.7 Å². The zero-order valence-corrected chi connectivity index (χ0v) is 11.7. The Morgan fingerprint density at radius 2 is 1.62 bits per heavy atom. The molecule has 2 N–H and O–H groups in total. The summed E-state index contributed by atoms with van der Waals surface area (Å²) in [5, 5.41) is 0. The third kappa shape index (κ3) is 3.38. The van der Waals surface area contributed by atoms with Gasteiger partial charge in [0.2, 0.25) is 0 Å². The summed E-state index contributed by atoms with van der Waals surface area (Å²) < 4.78 is 0. The van der Waals surface area contributed by atoms with Crippen molar-refractivity contribution in [2.75, 3.05) is 31.1 Å². The number of rotatable bonds is 2. The van der Waals surface area contributed by atoms with Crippen molar-refractivity contribution in [3.8, 4) is 0 Å². The summed E-state index contributed by atoms with van der Waals surface area (Å²) in [6.07, 6.45) is 0. The lowest BCUT2D eigenvalue weighted by Crippen LogP contribution is -2.51. The molecule has 1 aliphatic rings. The fourth-order valence-corrected chi connectivity index (χ4v) is 2.25. The molecule has 1 heterocycles. The van der Waals surface area contributed by atoms with Gasteiger partial charge in [0.25, 0.3) is 0 Å². The van der Waals surface area contributed by atoms with E-state index in [0.717, 1.165) is 5.69 Å². The van der Waals surface area contributed by atoms with Crippen LogP contribution in [0.15, 0.2) is 24.3 Å². The average molecular weight is 291 g/mol. The number of carbonyl (C=O) groups is 3. The number of piperazine rings is 1. The van der Waals surface area contributed by atoms with E-state index < -0.39 is 11.9 Å². The van der Waals surface area contributed by atoms with E-state index in [9.17, 15) is 14.4 Å². The number of carbonyl (C=O) groups excluding carboxylic acids is 3. The second kappa shape index (κ2) is 6.36. The van der Waals surface area contributed by atoms with Crippen molar-refractivity contribution < 1.29 is 19.2 Å². The summed E-state index contributed by atoms with van der Waals surface area (Å²) in [5.41, 5.74) is 1.65. The van der Waals surface area contributed by atoms with E-state index in [2.05, 4.69) is 9.74 Å². The highest BCUT2D eigenvalue weighted by molar-refractivity contribution is 6.32. The van der Waals surface area contributed by atoms with Gasteiger partial charge in [0.1, 0.15) is 0 Å². The van der Waals surface area contributed by atoms with Crippen molar-refractivity contribution in [1.29, 1.82) is 0 Å². The third-order valence-corrected chi connectivity index (χ3v) is 3.49. The van der Waals surface area contributed by atoms with Crippen LogP contribution >= 0.6 is 0 Å². The maximum absolute atomic E-state index is 11.6. The minimum Gasteiger partial charge on any atom is -0.368 e. The normalized spacial score (nSPS) is 14.8. The quantitative estimate of drug-likeness (QED) is 0.467. The molecule has 0 aliphatic carbocycles. The van der Waals surface area contributed by atoms with Crippen molar-refractivity contribution in [3.05, 3.63) is 29.8 Å². The van der Waals surface area contributed by atoms with Crippen LogP contribution < -0.4 is 10.8 Å². The van der Waals surface area contributed by atoms with Gasteiger partial charge in [-0.1, -0.05) is 0 Å².